The zero-order chi connectivity index (χ0) is 24.8. The fraction of sp³-hybridized carbons (Fsp3) is 0.519. The molecule has 1 N–H and O–H groups in total. The third kappa shape index (κ3) is 6.37. The van der Waals surface area contributed by atoms with Gasteiger partial charge in [0.2, 0.25) is 0 Å². The summed E-state index contributed by atoms with van der Waals surface area (Å²) in [4.78, 5) is 4.74. The summed E-state index contributed by atoms with van der Waals surface area (Å²) in [5, 5.41) is 4.13. The number of nitrogens with zero attached hydrogens (tertiary/aromatic N) is 2. The smallest absolute Gasteiger partial charge is 0.174 e. The highest BCUT2D eigenvalue weighted by atomic mass is 32.1. The Bertz CT molecular complexity index is 1010. The van der Waals surface area contributed by atoms with Crippen molar-refractivity contribution in [2.75, 3.05) is 58.4 Å². The van der Waals surface area contributed by atoms with Crippen molar-refractivity contribution in [3.63, 3.8) is 0 Å². The second-order valence-corrected chi connectivity index (χ2v) is 9.88. The molecule has 8 heteroatoms. The number of anilines is 1. The van der Waals surface area contributed by atoms with Crippen LogP contribution in [0.2, 0.25) is 0 Å². The standard InChI is InChI=1S/C27H37N3O4S/c1-5-33-20-10-11-24-21(18-20)23(19-27(2,3)34-24)30(13-12-29-14-16-32-17-15-29)26(35)28-22-8-6-7-9-25(22)31-4/h6-11,18,23H,5,12-17,19H2,1-4H3,(H,28,35)/t23-/m1/s1. The molecule has 2 heterocycles. The molecule has 0 aliphatic carbocycles. The first kappa shape index (κ1) is 25.5. The fourth-order valence-electron chi connectivity index (χ4n) is 4.74. The normalized spacial score (nSPS) is 19.3. The van der Waals surface area contributed by atoms with E-state index in [0.29, 0.717) is 11.7 Å². The van der Waals surface area contributed by atoms with E-state index >= 15 is 0 Å². The first-order valence-corrected chi connectivity index (χ1v) is 12.8. The second kappa shape index (κ2) is 11.5. The highest BCUT2D eigenvalue weighted by Gasteiger charge is 2.38. The van der Waals surface area contributed by atoms with Gasteiger partial charge in [-0.1, -0.05) is 12.1 Å². The average Bonchev–Trinajstić information content (AvgIpc) is 2.85. The first-order chi connectivity index (χ1) is 16.9. The van der Waals surface area contributed by atoms with Gasteiger partial charge in [-0.25, -0.2) is 0 Å². The average molecular weight is 500 g/mol. The third-order valence-electron chi connectivity index (χ3n) is 6.47. The molecule has 0 saturated carbocycles. The maximum atomic E-state index is 6.37. The molecule has 2 aliphatic rings. The van der Waals surface area contributed by atoms with E-state index in [1.165, 1.54) is 0 Å². The number of para-hydroxylation sites is 2. The topological polar surface area (TPSA) is 55.4 Å². The number of thiocarbonyl (C=S) groups is 1. The van der Waals surface area contributed by atoms with E-state index in [4.69, 9.17) is 31.2 Å². The molecular weight excluding hydrogens is 462 g/mol. The van der Waals surface area contributed by atoms with E-state index in [-0.39, 0.29) is 11.6 Å². The zero-order valence-electron chi connectivity index (χ0n) is 21.2. The van der Waals surface area contributed by atoms with Crippen LogP contribution in [0.3, 0.4) is 0 Å². The second-order valence-electron chi connectivity index (χ2n) is 9.49. The molecule has 2 aliphatic heterocycles. The number of ether oxygens (including phenoxy) is 4. The van der Waals surface area contributed by atoms with Crippen LogP contribution in [0, 0.1) is 0 Å². The summed E-state index contributed by atoms with van der Waals surface area (Å²) < 4.78 is 23.3. The van der Waals surface area contributed by atoms with Gasteiger partial charge < -0.3 is 29.2 Å². The van der Waals surface area contributed by atoms with Gasteiger partial charge in [-0.3, -0.25) is 4.90 Å². The molecule has 1 fully saturated rings. The molecule has 35 heavy (non-hydrogen) atoms. The number of nitrogens with one attached hydrogen (secondary N) is 1. The molecule has 0 amide bonds. The predicted molar refractivity (Wildman–Crippen MR) is 143 cm³/mol. The number of fused-ring (bicyclic) bond motifs is 1. The highest BCUT2D eigenvalue weighted by molar-refractivity contribution is 7.80. The number of hydrogen-bond donors (Lipinski definition) is 1. The Labute approximate surface area is 214 Å². The quantitative estimate of drug-likeness (QED) is 0.524. The molecular formula is C27H37N3O4S. The largest absolute Gasteiger partial charge is 0.495 e. The van der Waals surface area contributed by atoms with Crippen molar-refractivity contribution in [2.24, 2.45) is 0 Å². The number of methoxy groups -OCH3 is 1. The van der Waals surface area contributed by atoms with E-state index in [0.717, 1.165) is 74.3 Å². The number of morpholine rings is 1. The Balaban J connectivity index is 1.66. The molecule has 1 saturated heterocycles. The predicted octanol–water partition coefficient (Wildman–Crippen LogP) is 4.73. The molecule has 0 aromatic heterocycles. The highest BCUT2D eigenvalue weighted by Crippen LogP contribution is 2.44. The Morgan fingerprint density at radius 3 is 2.71 bits per heavy atom. The molecule has 190 valence electrons. The summed E-state index contributed by atoms with van der Waals surface area (Å²) in [5.74, 6) is 2.48. The molecule has 7 nitrogen and oxygen atoms in total. The van der Waals surface area contributed by atoms with Gasteiger partial charge in [-0.2, -0.15) is 0 Å². The number of benzene rings is 2. The number of rotatable bonds is 8. The van der Waals surface area contributed by atoms with Crippen molar-refractivity contribution in [1.29, 1.82) is 0 Å². The summed E-state index contributed by atoms with van der Waals surface area (Å²) in [6, 6.07) is 14.0. The minimum absolute atomic E-state index is 0.0323. The van der Waals surface area contributed by atoms with Crippen LogP contribution in [0.5, 0.6) is 17.2 Å². The first-order valence-electron chi connectivity index (χ1n) is 12.4. The van der Waals surface area contributed by atoms with Crippen LogP contribution in [-0.2, 0) is 4.74 Å². The van der Waals surface area contributed by atoms with Crippen LogP contribution in [0.1, 0.15) is 38.8 Å². The minimum atomic E-state index is -0.331. The lowest BCUT2D eigenvalue weighted by atomic mass is 9.88. The van der Waals surface area contributed by atoms with Gasteiger partial charge in [0.05, 0.1) is 38.7 Å². The number of hydrogen-bond acceptors (Lipinski definition) is 6. The van der Waals surface area contributed by atoms with Crippen LogP contribution < -0.4 is 19.5 Å². The summed E-state index contributed by atoms with van der Waals surface area (Å²) in [5.41, 5.74) is 1.62. The summed E-state index contributed by atoms with van der Waals surface area (Å²) in [6.07, 6.45) is 0.798. The SMILES string of the molecule is CCOc1ccc2c(c1)[C@H](N(CCN1CCOCC1)C(=S)Nc1ccccc1OC)CC(C)(C)O2. The van der Waals surface area contributed by atoms with Crippen molar-refractivity contribution in [2.45, 2.75) is 38.8 Å². The summed E-state index contributed by atoms with van der Waals surface area (Å²) in [6.45, 7) is 12.0. The van der Waals surface area contributed by atoms with Crippen LogP contribution >= 0.6 is 12.2 Å². The maximum absolute atomic E-state index is 6.37. The van der Waals surface area contributed by atoms with Crippen LogP contribution in [0.15, 0.2) is 42.5 Å². The molecule has 0 spiro atoms. The third-order valence-corrected chi connectivity index (χ3v) is 6.81. The van der Waals surface area contributed by atoms with Gasteiger partial charge in [0.1, 0.15) is 22.8 Å². The Morgan fingerprint density at radius 2 is 1.97 bits per heavy atom. The van der Waals surface area contributed by atoms with Gasteiger partial charge in [0, 0.05) is 38.2 Å². The molecule has 4 rings (SSSR count). The van der Waals surface area contributed by atoms with Crippen LogP contribution in [0.4, 0.5) is 5.69 Å². The molecule has 0 bridgehead atoms. The van der Waals surface area contributed by atoms with Gasteiger partial charge in [-0.05, 0) is 63.3 Å². The van der Waals surface area contributed by atoms with E-state index in [9.17, 15) is 0 Å². The van der Waals surface area contributed by atoms with Gasteiger partial charge in [-0.15, -0.1) is 0 Å². The lowest BCUT2D eigenvalue weighted by Gasteiger charge is -2.44. The van der Waals surface area contributed by atoms with Gasteiger partial charge in [0.15, 0.2) is 5.11 Å². The fourth-order valence-corrected chi connectivity index (χ4v) is 5.07. The lowest BCUT2D eigenvalue weighted by Crippen LogP contribution is -2.48. The molecule has 1 atom stereocenters. The minimum Gasteiger partial charge on any atom is -0.495 e. The van der Waals surface area contributed by atoms with Crippen molar-refractivity contribution in [3.05, 3.63) is 48.0 Å². The molecule has 0 unspecified atom stereocenters. The maximum Gasteiger partial charge on any atom is 0.174 e. The van der Waals surface area contributed by atoms with E-state index in [1.54, 1.807) is 7.11 Å². The van der Waals surface area contributed by atoms with E-state index in [2.05, 4.69) is 35.0 Å². The summed E-state index contributed by atoms with van der Waals surface area (Å²) >= 11 is 6.04. The van der Waals surface area contributed by atoms with E-state index in [1.807, 2.05) is 43.3 Å². The Kier molecular flexibility index (Phi) is 8.36. The van der Waals surface area contributed by atoms with Gasteiger partial charge >= 0.3 is 0 Å². The molecule has 2 aromatic carbocycles. The van der Waals surface area contributed by atoms with Gasteiger partial charge in [0.25, 0.3) is 0 Å². The van der Waals surface area contributed by atoms with E-state index < -0.39 is 0 Å². The van der Waals surface area contributed by atoms with Crippen molar-refractivity contribution >= 4 is 23.0 Å². The van der Waals surface area contributed by atoms with Crippen molar-refractivity contribution in [3.8, 4) is 17.2 Å². The van der Waals surface area contributed by atoms with Crippen molar-refractivity contribution in [1.82, 2.24) is 9.80 Å². The van der Waals surface area contributed by atoms with Crippen molar-refractivity contribution < 1.29 is 18.9 Å². The molecule has 2 aromatic rings. The zero-order valence-corrected chi connectivity index (χ0v) is 22.0. The van der Waals surface area contributed by atoms with Crippen LogP contribution in [-0.4, -0.2) is 73.6 Å². The monoisotopic (exact) mass is 499 g/mol. The Morgan fingerprint density at radius 1 is 1.20 bits per heavy atom. The van der Waals surface area contributed by atoms with Crippen LogP contribution in [0.25, 0.3) is 0 Å². The molecule has 0 radical (unpaired) electrons. The summed E-state index contributed by atoms with van der Waals surface area (Å²) in [7, 11) is 1.67. The lowest BCUT2D eigenvalue weighted by molar-refractivity contribution is 0.0266. The Hall–Kier alpha value is -2.55.